The highest BCUT2D eigenvalue weighted by Crippen LogP contribution is 2.45. The molecule has 0 amide bonds. The second kappa shape index (κ2) is 4.54. The molecule has 2 unspecified atom stereocenters. The normalized spacial score (nSPS) is 30.0. The van der Waals surface area contributed by atoms with Crippen molar-refractivity contribution in [1.82, 2.24) is 9.55 Å². The molecule has 0 aliphatic heterocycles. The van der Waals surface area contributed by atoms with Crippen LogP contribution in [0.5, 0.6) is 0 Å². The molecule has 2 saturated carbocycles. The molecule has 1 aromatic heterocycles. The summed E-state index contributed by atoms with van der Waals surface area (Å²) in [5, 5.41) is 0. The highest BCUT2D eigenvalue weighted by Gasteiger charge is 2.42. The molecular formula is C17H22FN3. The van der Waals surface area contributed by atoms with Crippen LogP contribution in [0.2, 0.25) is 0 Å². The zero-order valence-corrected chi connectivity index (χ0v) is 12.5. The van der Waals surface area contributed by atoms with Gasteiger partial charge in [-0.15, -0.1) is 0 Å². The van der Waals surface area contributed by atoms with Gasteiger partial charge >= 0.3 is 0 Å². The average Bonchev–Trinajstić information content (AvgIpc) is 3.22. The molecule has 4 heteroatoms. The summed E-state index contributed by atoms with van der Waals surface area (Å²) in [5.74, 6) is 0.790. The van der Waals surface area contributed by atoms with E-state index in [0.29, 0.717) is 11.6 Å². The van der Waals surface area contributed by atoms with Gasteiger partial charge in [0.1, 0.15) is 11.3 Å². The minimum absolute atomic E-state index is 0.114. The van der Waals surface area contributed by atoms with Crippen molar-refractivity contribution in [3.8, 4) is 0 Å². The average molecular weight is 287 g/mol. The lowest BCUT2D eigenvalue weighted by Gasteiger charge is -2.39. The smallest absolute Gasteiger partial charge is 0.151 e. The number of nitrogens with zero attached hydrogens (tertiary/aromatic N) is 2. The van der Waals surface area contributed by atoms with E-state index in [1.807, 2.05) is 6.07 Å². The van der Waals surface area contributed by atoms with Crippen LogP contribution >= 0.6 is 0 Å². The van der Waals surface area contributed by atoms with E-state index in [4.69, 9.17) is 10.7 Å². The van der Waals surface area contributed by atoms with E-state index >= 15 is 0 Å². The molecule has 2 atom stereocenters. The molecule has 1 heterocycles. The minimum Gasteiger partial charge on any atom is -0.327 e. The van der Waals surface area contributed by atoms with Crippen molar-refractivity contribution in [2.24, 2.45) is 5.73 Å². The number of hydrogen-bond acceptors (Lipinski definition) is 2. The number of hydrogen-bond donors (Lipinski definition) is 1. The third-order valence-electron chi connectivity index (χ3n) is 5.37. The van der Waals surface area contributed by atoms with Crippen LogP contribution in [0.1, 0.15) is 57.3 Å². The summed E-state index contributed by atoms with van der Waals surface area (Å²) in [7, 11) is 0. The first-order chi connectivity index (χ1) is 10.1. The van der Waals surface area contributed by atoms with E-state index in [0.717, 1.165) is 24.2 Å². The topological polar surface area (TPSA) is 43.8 Å². The van der Waals surface area contributed by atoms with Crippen LogP contribution in [0.4, 0.5) is 4.39 Å². The molecule has 1 aromatic carbocycles. The number of fused-ring (bicyclic) bond motifs is 1. The molecule has 0 radical (unpaired) electrons. The molecule has 2 aliphatic carbocycles. The summed E-state index contributed by atoms with van der Waals surface area (Å²) in [6, 6.07) is 5.87. The molecule has 112 valence electrons. The minimum atomic E-state index is -0.221. The Morgan fingerprint density at radius 3 is 2.81 bits per heavy atom. The highest BCUT2D eigenvalue weighted by molar-refractivity contribution is 5.77. The Labute approximate surface area is 124 Å². The second-order valence-electron chi connectivity index (χ2n) is 6.91. The predicted octanol–water partition coefficient (Wildman–Crippen LogP) is 3.67. The molecule has 2 aromatic rings. The van der Waals surface area contributed by atoms with Crippen molar-refractivity contribution >= 4 is 11.0 Å². The lowest BCUT2D eigenvalue weighted by Crippen LogP contribution is -2.47. The Morgan fingerprint density at radius 1 is 1.29 bits per heavy atom. The van der Waals surface area contributed by atoms with Gasteiger partial charge in [0.25, 0.3) is 0 Å². The SMILES string of the molecule is CC1(c2nc3c(F)cccc3n2C2CC2)CCCCC1N. The van der Waals surface area contributed by atoms with Gasteiger partial charge in [-0.2, -0.15) is 0 Å². The molecule has 21 heavy (non-hydrogen) atoms. The van der Waals surface area contributed by atoms with Gasteiger partial charge in [-0.25, -0.2) is 9.37 Å². The van der Waals surface area contributed by atoms with Crippen molar-refractivity contribution < 1.29 is 4.39 Å². The molecule has 0 spiro atoms. The fourth-order valence-corrected chi connectivity index (χ4v) is 3.83. The van der Waals surface area contributed by atoms with Gasteiger partial charge in [0.2, 0.25) is 0 Å². The Bertz CT molecular complexity index is 689. The number of imidazole rings is 1. The van der Waals surface area contributed by atoms with Crippen LogP contribution in [0.3, 0.4) is 0 Å². The van der Waals surface area contributed by atoms with Gasteiger partial charge in [-0.05, 0) is 37.8 Å². The summed E-state index contributed by atoms with van der Waals surface area (Å²) < 4.78 is 16.4. The molecule has 0 bridgehead atoms. The third-order valence-corrected chi connectivity index (χ3v) is 5.37. The summed E-state index contributed by atoms with van der Waals surface area (Å²) >= 11 is 0. The van der Waals surface area contributed by atoms with E-state index in [1.165, 1.54) is 31.7 Å². The Kier molecular flexibility index (Phi) is 2.86. The van der Waals surface area contributed by atoms with Crippen molar-refractivity contribution in [3.63, 3.8) is 0 Å². The Balaban J connectivity index is 1.95. The number of aromatic nitrogens is 2. The largest absolute Gasteiger partial charge is 0.327 e. The maximum atomic E-state index is 14.1. The van der Waals surface area contributed by atoms with E-state index in [2.05, 4.69) is 11.5 Å². The second-order valence-corrected chi connectivity index (χ2v) is 6.91. The fraction of sp³-hybridized carbons (Fsp3) is 0.588. The van der Waals surface area contributed by atoms with E-state index < -0.39 is 0 Å². The zero-order valence-electron chi connectivity index (χ0n) is 12.5. The van der Waals surface area contributed by atoms with Gasteiger partial charge in [0.05, 0.1) is 5.52 Å². The number of para-hydroxylation sites is 1. The summed E-state index contributed by atoms with van der Waals surface area (Å²) in [6.07, 6.45) is 6.79. The van der Waals surface area contributed by atoms with Crippen molar-refractivity contribution in [1.29, 1.82) is 0 Å². The van der Waals surface area contributed by atoms with E-state index in [9.17, 15) is 4.39 Å². The maximum absolute atomic E-state index is 14.1. The number of nitrogens with two attached hydrogens (primary N) is 1. The van der Waals surface area contributed by atoms with Crippen LogP contribution < -0.4 is 5.73 Å². The third kappa shape index (κ3) is 1.92. The Morgan fingerprint density at radius 2 is 2.10 bits per heavy atom. The molecule has 2 fully saturated rings. The van der Waals surface area contributed by atoms with E-state index in [-0.39, 0.29) is 17.3 Å². The first-order valence-electron chi connectivity index (χ1n) is 8.04. The van der Waals surface area contributed by atoms with Gasteiger partial charge in [0.15, 0.2) is 5.82 Å². The van der Waals surface area contributed by atoms with Gasteiger partial charge in [0, 0.05) is 17.5 Å². The lowest BCUT2D eigenvalue weighted by atomic mass is 9.71. The van der Waals surface area contributed by atoms with Gasteiger partial charge in [-0.3, -0.25) is 0 Å². The number of rotatable bonds is 2. The van der Waals surface area contributed by atoms with Gasteiger partial charge in [-0.1, -0.05) is 25.8 Å². The molecule has 3 nitrogen and oxygen atoms in total. The van der Waals surface area contributed by atoms with Crippen molar-refractivity contribution in [2.45, 2.75) is 62.9 Å². The monoisotopic (exact) mass is 287 g/mol. The van der Waals surface area contributed by atoms with E-state index in [1.54, 1.807) is 6.07 Å². The molecule has 0 saturated heterocycles. The molecule has 4 rings (SSSR count). The predicted molar refractivity (Wildman–Crippen MR) is 81.8 cm³/mol. The lowest BCUT2D eigenvalue weighted by molar-refractivity contribution is 0.252. The van der Waals surface area contributed by atoms with Crippen LogP contribution in [-0.4, -0.2) is 15.6 Å². The van der Waals surface area contributed by atoms with Crippen molar-refractivity contribution in [3.05, 3.63) is 29.8 Å². The summed E-state index contributed by atoms with van der Waals surface area (Å²) in [5.41, 5.74) is 7.76. The summed E-state index contributed by atoms with van der Waals surface area (Å²) in [4.78, 5) is 4.73. The maximum Gasteiger partial charge on any atom is 0.151 e. The standard InChI is InChI=1S/C17H22FN3/c1-17(10-3-2-7-14(17)19)16-20-15-12(18)5-4-6-13(15)21(16)11-8-9-11/h4-6,11,14H,2-3,7-10,19H2,1H3. The first kappa shape index (κ1) is 13.3. The first-order valence-corrected chi connectivity index (χ1v) is 8.04. The quantitative estimate of drug-likeness (QED) is 0.916. The number of halogens is 1. The van der Waals surface area contributed by atoms with Crippen LogP contribution in [0.25, 0.3) is 11.0 Å². The Hall–Kier alpha value is -1.42. The molecule has 2 N–H and O–H groups in total. The summed E-state index contributed by atoms with van der Waals surface area (Å²) in [6.45, 7) is 2.22. The zero-order chi connectivity index (χ0) is 14.6. The highest BCUT2D eigenvalue weighted by atomic mass is 19.1. The van der Waals surface area contributed by atoms with Crippen LogP contribution in [0.15, 0.2) is 18.2 Å². The molecule has 2 aliphatic rings. The molecular weight excluding hydrogens is 265 g/mol. The van der Waals surface area contributed by atoms with Crippen LogP contribution in [-0.2, 0) is 5.41 Å². The fourth-order valence-electron chi connectivity index (χ4n) is 3.83. The van der Waals surface area contributed by atoms with Crippen LogP contribution in [0, 0.1) is 5.82 Å². The van der Waals surface area contributed by atoms with Crippen molar-refractivity contribution in [2.75, 3.05) is 0 Å². The van der Waals surface area contributed by atoms with Gasteiger partial charge < -0.3 is 10.3 Å². The number of benzene rings is 1.